The third-order valence-corrected chi connectivity index (χ3v) is 2.76. The van der Waals surface area contributed by atoms with Gasteiger partial charge in [-0.25, -0.2) is 0 Å². The van der Waals surface area contributed by atoms with E-state index in [0.29, 0.717) is 0 Å². The number of hydrogen-bond acceptors (Lipinski definition) is 2. The first-order valence-corrected chi connectivity index (χ1v) is 5.10. The molecule has 0 aliphatic heterocycles. The molecule has 0 heterocycles. The van der Waals surface area contributed by atoms with E-state index in [9.17, 15) is 4.79 Å². The van der Waals surface area contributed by atoms with E-state index in [4.69, 9.17) is 10.4 Å². The van der Waals surface area contributed by atoms with Crippen LogP contribution in [0.15, 0.2) is 18.2 Å². The molecule has 16 heavy (non-hydrogen) atoms. The van der Waals surface area contributed by atoms with Gasteiger partial charge < -0.3 is 5.11 Å². The van der Waals surface area contributed by atoms with Crippen LogP contribution < -0.4 is 0 Å². The van der Waals surface area contributed by atoms with Gasteiger partial charge in [-0.2, -0.15) is 5.26 Å². The molecule has 1 rings (SSSR count). The van der Waals surface area contributed by atoms with Gasteiger partial charge in [0.05, 0.1) is 6.07 Å². The lowest BCUT2D eigenvalue weighted by Gasteiger charge is -2.17. The summed E-state index contributed by atoms with van der Waals surface area (Å²) >= 11 is 0. The zero-order valence-electron chi connectivity index (χ0n) is 9.74. The smallest absolute Gasteiger partial charge is 0.324 e. The summed E-state index contributed by atoms with van der Waals surface area (Å²) in [5, 5.41) is 17.9. The molecule has 0 aliphatic rings. The van der Waals surface area contributed by atoms with E-state index >= 15 is 0 Å². The molecule has 1 aromatic carbocycles. The fourth-order valence-electron chi connectivity index (χ4n) is 1.59. The second-order valence-electron chi connectivity index (χ2n) is 4.36. The summed E-state index contributed by atoms with van der Waals surface area (Å²) in [5.74, 6) is -1.07. The van der Waals surface area contributed by atoms with Crippen LogP contribution in [0.4, 0.5) is 0 Å². The van der Waals surface area contributed by atoms with Crippen molar-refractivity contribution in [1.82, 2.24) is 0 Å². The maximum atomic E-state index is 11.0. The minimum absolute atomic E-state index is 0.241. The van der Waals surface area contributed by atoms with Crippen molar-refractivity contribution >= 4 is 5.97 Å². The van der Waals surface area contributed by atoms with Gasteiger partial charge in [0.15, 0.2) is 5.41 Å². The van der Waals surface area contributed by atoms with Gasteiger partial charge in [0.2, 0.25) is 0 Å². The molecular formula is C13H15NO2. The van der Waals surface area contributed by atoms with Crippen LogP contribution in [-0.4, -0.2) is 11.1 Å². The van der Waals surface area contributed by atoms with Crippen LogP contribution in [0.3, 0.4) is 0 Å². The lowest BCUT2D eigenvalue weighted by molar-refractivity contribution is -0.144. The summed E-state index contributed by atoms with van der Waals surface area (Å²) in [6, 6.07) is 7.69. The summed E-state index contributed by atoms with van der Waals surface area (Å²) in [4.78, 5) is 11.0. The molecule has 3 nitrogen and oxygen atoms in total. The summed E-state index contributed by atoms with van der Waals surface area (Å²) in [6.07, 6.45) is 0.241. The first-order chi connectivity index (χ1) is 7.39. The average Bonchev–Trinajstić information content (AvgIpc) is 2.22. The van der Waals surface area contributed by atoms with Crippen LogP contribution in [0.5, 0.6) is 0 Å². The first-order valence-electron chi connectivity index (χ1n) is 5.10. The molecular weight excluding hydrogens is 202 g/mol. The van der Waals surface area contributed by atoms with E-state index in [1.807, 2.05) is 38.1 Å². The third-order valence-electron chi connectivity index (χ3n) is 2.76. The molecule has 0 radical (unpaired) electrons. The quantitative estimate of drug-likeness (QED) is 0.846. The molecule has 0 amide bonds. The van der Waals surface area contributed by atoms with Gasteiger partial charge in [-0.1, -0.05) is 23.8 Å². The lowest BCUT2D eigenvalue weighted by Crippen LogP contribution is -2.28. The van der Waals surface area contributed by atoms with Crippen molar-refractivity contribution in [3.8, 4) is 6.07 Å². The van der Waals surface area contributed by atoms with Gasteiger partial charge in [-0.3, -0.25) is 4.79 Å². The summed E-state index contributed by atoms with van der Waals surface area (Å²) in [6.45, 7) is 5.37. The van der Waals surface area contributed by atoms with Crippen LogP contribution >= 0.6 is 0 Å². The number of nitriles is 1. The fraction of sp³-hybridized carbons (Fsp3) is 0.385. The van der Waals surface area contributed by atoms with Crippen molar-refractivity contribution in [3.05, 3.63) is 34.9 Å². The Bertz CT molecular complexity index is 459. The highest BCUT2D eigenvalue weighted by Crippen LogP contribution is 2.24. The van der Waals surface area contributed by atoms with Crippen molar-refractivity contribution in [2.45, 2.75) is 27.2 Å². The highest BCUT2D eigenvalue weighted by molar-refractivity contribution is 5.78. The Morgan fingerprint density at radius 1 is 1.50 bits per heavy atom. The summed E-state index contributed by atoms with van der Waals surface area (Å²) in [5.41, 5.74) is 1.73. The van der Waals surface area contributed by atoms with Gasteiger partial charge in [0.1, 0.15) is 0 Å². The third kappa shape index (κ3) is 2.40. The molecule has 1 unspecified atom stereocenters. The largest absolute Gasteiger partial charge is 0.480 e. The molecule has 1 aromatic rings. The highest BCUT2D eigenvalue weighted by atomic mass is 16.4. The number of aryl methyl sites for hydroxylation is 2. The molecule has 0 bridgehead atoms. The maximum Gasteiger partial charge on any atom is 0.324 e. The summed E-state index contributed by atoms with van der Waals surface area (Å²) < 4.78 is 0. The monoisotopic (exact) mass is 217 g/mol. The number of hydrogen-bond donors (Lipinski definition) is 1. The van der Waals surface area contributed by atoms with Crippen molar-refractivity contribution in [3.63, 3.8) is 0 Å². The zero-order valence-corrected chi connectivity index (χ0v) is 9.74. The standard InChI is InChI=1S/C13H15NO2/c1-9-4-5-11(10(2)6-9)7-13(3,8-14)12(15)16/h4-6H,7H2,1-3H3,(H,15,16). The van der Waals surface area contributed by atoms with Crippen LogP contribution in [0, 0.1) is 30.6 Å². The average molecular weight is 217 g/mol. The van der Waals surface area contributed by atoms with E-state index < -0.39 is 11.4 Å². The SMILES string of the molecule is Cc1ccc(CC(C)(C#N)C(=O)O)c(C)c1. The van der Waals surface area contributed by atoms with Crippen LogP contribution in [0.1, 0.15) is 23.6 Å². The van der Waals surface area contributed by atoms with Crippen LogP contribution in [0.25, 0.3) is 0 Å². The normalized spacial score (nSPS) is 13.9. The molecule has 1 atom stereocenters. The van der Waals surface area contributed by atoms with E-state index in [1.165, 1.54) is 6.92 Å². The highest BCUT2D eigenvalue weighted by Gasteiger charge is 2.33. The zero-order chi connectivity index (χ0) is 12.3. The molecule has 0 fully saturated rings. The number of aliphatic carboxylic acids is 1. The number of rotatable bonds is 3. The second kappa shape index (κ2) is 4.36. The van der Waals surface area contributed by atoms with Gasteiger partial charge in [0.25, 0.3) is 0 Å². The summed E-state index contributed by atoms with van der Waals surface area (Å²) in [7, 11) is 0. The van der Waals surface area contributed by atoms with Crippen molar-refractivity contribution < 1.29 is 9.90 Å². The first kappa shape index (κ1) is 12.3. The minimum Gasteiger partial charge on any atom is -0.480 e. The number of carboxylic acid groups (broad SMARTS) is 1. The van der Waals surface area contributed by atoms with Gasteiger partial charge in [-0.15, -0.1) is 0 Å². The molecule has 0 aromatic heterocycles. The van der Waals surface area contributed by atoms with Crippen LogP contribution in [0.2, 0.25) is 0 Å². The number of benzene rings is 1. The Morgan fingerprint density at radius 2 is 2.12 bits per heavy atom. The van der Waals surface area contributed by atoms with Gasteiger partial charge in [0, 0.05) is 6.42 Å². The second-order valence-corrected chi connectivity index (χ2v) is 4.36. The van der Waals surface area contributed by atoms with Crippen molar-refractivity contribution in [2.75, 3.05) is 0 Å². The molecule has 84 valence electrons. The fourth-order valence-corrected chi connectivity index (χ4v) is 1.59. The minimum atomic E-state index is -1.35. The Labute approximate surface area is 95.3 Å². The van der Waals surface area contributed by atoms with Crippen LogP contribution in [-0.2, 0) is 11.2 Å². The molecule has 0 saturated carbocycles. The molecule has 3 heteroatoms. The number of nitrogens with zero attached hydrogens (tertiary/aromatic N) is 1. The topological polar surface area (TPSA) is 61.1 Å². The number of carboxylic acids is 1. The Balaban J connectivity index is 3.05. The molecule has 1 N–H and O–H groups in total. The van der Waals surface area contributed by atoms with E-state index in [1.54, 1.807) is 0 Å². The van der Waals surface area contributed by atoms with Gasteiger partial charge in [-0.05, 0) is 31.9 Å². The molecule has 0 spiro atoms. The van der Waals surface area contributed by atoms with E-state index in [-0.39, 0.29) is 6.42 Å². The maximum absolute atomic E-state index is 11.0. The van der Waals surface area contributed by atoms with Gasteiger partial charge >= 0.3 is 5.97 Å². The Kier molecular flexibility index (Phi) is 3.34. The predicted molar refractivity (Wildman–Crippen MR) is 61.0 cm³/mol. The van der Waals surface area contributed by atoms with E-state index in [0.717, 1.165) is 16.7 Å². The number of carbonyl (C=O) groups is 1. The Morgan fingerprint density at radius 3 is 2.56 bits per heavy atom. The molecule has 0 aliphatic carbocycles. The van der Waals surface area contributed by atoms with E-state index in [2.05, 4.69) is 0 Å². The lowest BCUT2D eigenvalue weighted by atomic mass is 9.83. The Hall–Kier alpha value is -1.82. The molecule has 0 saturated heterocycles. The van der Waals surface area contributed by atoms with Crippen molar-refractivity contribution in [2.24, 2.45) is 5.41 Å². The van der Waals surface area contributed by atoms with Crippen molar-refractivity contribution in [1.29, 1.82) is 5.26 Å². The predicted octanol–water partition coefficient (Wildman–Crippen LogP) is 2.46.